The lowest BCUT2D eigenvalue weighted by atomic mass is 10.1. The van der Waals surface area contributed by atoms with Gasteiger partial charge in [0.05, 0.1) is 6.61 Å². The third kappa shape index (κ3) is 4.35. The van der Waals surface area contributed by atoms with Gasteiger partial charge in [-0.25, -0.2) is 0 Å². The standard InChI is InChI=1S/C13H21N3O2/c1-3-12(9-18-2)15-8-10-5-4-6-11(7-10)13(14)16-17/h4-7,12,15,17H,3,8-9H2,1-2H3,(H2,14,16). The molecule has 0 saturated heterocycles. The number of methoxy groups -OCH3 is 1. The number of nitrogens with one attached hydrogen (secondary N) is 1. The molecule has 0 aromatic heterocycles. The number of oxime groups is 1. The summed E-state index contributed by atoms with van der Waals surface area (Å²) < 4.78 is 5.13. The van der Waals surface area contributed by atoms with Gasteiger partial charge in [-0.15, -0.1) is 0 Å². The lowest BCUT2D eigenvalue weighted by molar-refractivity contribution is 0.164. The first-order valence-electron chi connectivity index (χ1n) is 6.00. The summed E-state index contributed by atoms with van der Waals surface area (Å²) in [4.78, 5) is 0. The molecular weight excluding hydrogens is 230 g/mol. The van der Waals surface area contributed by atoms with Crippen molar-refractivity contribution in [1.82, 2.24) is 5.32 Å². The SMILES string of the molecule is CCC(COC)NCc1cccc(C(N)=NO)c1. The third-order valence-electron chi connectivity index (χ3n) is 2.79. The van der Waals surface area contributed by atoms with Crippen LogP contribution in [0.25, 0.3) is 0 Å². The Kier molecular flexibility index (Phi) is 6.18. The van der Waals surface area contributed by atoms with Crippen molar-refractivity contribution >= 4 is 5.84 Å². The number of hydrogen-bond donors (Lipinski definition) is 3. The second-order valence-electron chi connectivity index (χ2n) is 4.13. The van der Waals surface area contributed by atoms with E-state index < -0.39 is 0 Å². The normalized spacial score (nSPS) is 13.6. The molecule has 0 bridgehead atoms. The summed E-state index contributed by atoms with van der Waals surface area (Å²) in [5.74, 6) is 0.126. The highest BCUT2D eigenvalue weighted by Gasteiger charge is 2.05. The average Bonchev–Trinajstić information content (AvgIpc) is 2.42. The smallest absolute Gasteiger partial charge is 0.170 e. The van der Waals surface area contributed by atoms with Gasteiger partial charge in [-0.3, -0.25) is 0 Å². The Balaban J connectivity index is 2.62. The van der Waals surface area contributed by atoms with Gasteiger partial charge in [0.15, 0.2) is 5.84 Å². The lowest BCUT2D eigenvalue weighted by Crippen LogP contribution is -2.32. The molecule has 1 aromatic rings. The molecule has 0 spiro atoms. The van der Waals surface area contributed by atoms with E-state index in [1.807, 2.05) is 24.3 Å². The summed E-state index contributed by atoms with van der Waals surface area (Å²) in [6, 6.07) is 7.94. The number of nitrogens with zero attached hydrogens (tertiary/aromatic N) is 1. The van der Waals surface area contributed by atoms with Crippen LogP contribution in [0.4, 0.5) is 0 Å². The molecule has 0 aliphatic heterocycles. The first-order chi connectivity index (χ1) is 8.71. The highest BCUT2D eigenvalue weighted by molar-refractivity contribution is 5.97. The molecule has 1 aromatic carbocycles. The zero-order chi connectivity index (χ0) is 13.4. The lowest BCUT2D eigenvalue weighted by Gasteiger charge is -2.16. The number of benzene rings is 1. The monoisotopic (exact) mass is 251 g/mol. The predicted octanol–water partition coefficient (Wildman–Crippen LogP) is 1.30. The van der Waals surface area contributed by atoms with Gasteiger partial charge in [0.2, 0.25) is 0 Å². The van der Waals surface area contributed by atoms with Crippen molar-refractivity contribution in [1.29, 1.82) is 0 Å². The molecule has 0 saturated carbocycles. The fraction of sp³-hybridized carbons (Fsp3) is 0.462. The molecule has 0 aliphatic carbocycles. The van der Waals surface area contributed by atoms with E-state index in [1.165, 1.54) is 0 Å². The van der Waals surface area contributed by atoms with E-state index in [9.17, 15) is 0 Å². The van der Waals surface area contributed by atoms with Gasteiger partial charge >= 0.3 is 0 Å². The van der Waals surface area contributed by atoms with Crippen molar-refractivity contribution in [2.24, 2.45) is 10.9 Å². The van der Waals surface area contributed by atoms with Gasteiger partial charge < -0.3 is 21.0 Å². The molecule has 1 rings (SSSR count). The Morgan fingerprint density at radius 2 is 2.33 bits per heavy atom. The van der Waals surface area contributed by atoms with Crippen molar-refractivity contribution in [3.8, 4) is 0 Å². The molecule has 5 nitrogen and oxygen atoms in total. The van der Waals surface area contributed by atoms with Gasteiger partial charge in [-0.1, -0.05) is 30.3 Å². The van der Waals surface area contributed by atoms with Crippen LogP contribution < -0.4 is 11.1 Å². The van der Waals surface area contributed by atoms with E-state index in [4.69, 9.17) is 15.7 Å². The van der Waals surface area contributed by atoms with Crippen molar-refractivity contribution in [3.63, 3.8) is 0 Å². The highest BCUT2D eigenvalue weighted by atomic mass is 16.5. The van der Waals surface area contributed by atoms with E-state index in [1.54, 1.807) is 7.11 Å². The molecule has 0 amide bonds. The third-order valence-corrected chi connectivity index (χ3v) is 2.79. The van der Waals surface area contributed by atoms with Gasteiger partial charge in [-0.2, -0.15) is 0 Å². The summed E-state index contributed by atoms with van der Waals surface area (Å²) in [6.45, 7) is 3.54. The zero-order valence-corrected chi connectivity index (χ0v) is 10.9. The second kappa shape index (κ2) is 7.68. The Bertz CT molecular complexity index is 394. The van der Waals surface area contributed by atoms with Crippen LogP contribution in [0.5, 0.6) is 0 Å². The number of nitrogens with two attached hydrogens (primary N) is 1. The van der Waals surface area contributed by atoms with E-state index in [-0.39, 0.29) is 5.84 Å². The summed E-state index contributed by atoms with van der Waals surface area (Å²) in [5.41, 5.74) is 7.36. The molecule has 0 aliphatic rings. The van der Waals surface area contributed by atoms with E-state index >= 15 is 0 Å². The Hall–Kier alpha value is -1.59. The minimum absolute atomic E-state index is 0.126. The number of rotatable bonds is 7. The minimum Gasteiger partial charge on any atom is -0.409 e. The first-order valence-corrected chi connectivity index (χ1v) is 6.00. The Labute approximate surface area is 108 Å². The van der Waals surface area contributed by atoms with Crippen LogP contribution in [0.1, 0.15) is 24.5 Å². The summed E-state index contributed by atoms with van der Waals surface area (Å²) in [5, 5.41) is 15.0. The van der Waals surface area contributed by atoms with E-state index in [0.717, 1.165) is 24.1 Å². The quantitative estimate of drug-likeness (QED) is 0.295. The Morgan fingerprint density at radius 3 is 2.94 bits per heavy atom. The van der Waals surface area contributed by atoms with Crippen LogP contribution in [-0.2, 0) is 11.3 Å². The van der Waals surface area contributed by atoms with Gasteiger partial charge in [0.1, 0.15) is 0 Å². The molecule has 0 radical (unpaired) electrons. The Morgan fingerprint density at radius 1 is 1.56 bits per heavy atom. The zero-order valence-electron chi connectivity index (χ0n) is 10.9. The molecular formula is C13H21N3O2. The second-order valence-corrected chi connectivity index (χ2v) is 4.13. The molecule has 0 fully saturated rings. The van der Waals surface area contributed by atoms with Crippen molar-refractivity contribution in [2.75, 3.05) is 13.7 Å². The largest absolute Gasteiger partial charge is 0.409 e. The average molecular weight is 251 g/mol. The summed E-state index contributed by atoms with van der Waals surface area (Å²) >= 11 is 0. The minimum atomic E-state index is 0.126. The topological polar surface area (TPSA) is 79.9 Å². The highest BCUT2D eigenvalue weighted by Crippen LogP contribution is 2.06. The van der Waals surface area contributed by atoms with E-state index in [2.05, 4.69) is 17.4 Å². The van der Waals surface area contributed by atoms with Gasteiger partial charge in [0, 0.05) is 25.3 Å². The molecule has 5 heteroatoms. The van der Waals surface area contributed by atoms with Crippen LogP contribution >= 0.6 is 0 Å². The fourth-order valence-corrected chi connectivity index (χ4v) is 1.68. The van der Waals surface area contributed by atoms with E-state index in [0.29, 0.717) is 12.6 Å². The van der Waals surface area contributed by atoms with Crippen LogP contribution in [0, 0.1) is 0 Å². The molecule has 1 unspecified atom stereocenters. The first kappa shape index (κ1) is 14.5. The molecule has 1 atom stereocenters. The van der Waals surface area contributed by atoms with Gasteiger partial charge in [0.25, 0.3) is 0 Å². The molecule has 4 N–H and O–H groups in total. The predicted molar refractivity (Wildman–Crippen MR) is 71.7 cm³/mol. The van der Waals surface area contributed by atoms with Crippen LogP contribution in [0.15, 0.2) is 29.4 Å². The van der Waals surface area contributed by atoms with Crippen LogP contribution in [0.3, 0.4) is 0 Å². The molecule has 18 heavy (non-hydrogen) atoms. The molecule has 0 heterocycles. The number of ether oxygens (including phenoxy) is 1. The van der Waals surface area contributed by atoms with Crippen LogP contribution in [-0.4, -0.2) is 30.8 Å². The van der Waals surface area contributed by atoms with Crippen molar-refractivity contribution < 1.29 is 9.94 Å². The fourth-order valence-electron chi connectivity index (χ4n) is 1.68. The maximum Gasteiger partial charge on any atom is 0.170 e. The van der Waals surface area contributed by atoms with Gasteiger partial charge in [-0.05, 0) is 18.1 Å². The molecule has 100 valence electrons. The maximum atomic E-state index is 8.64. The summed E-state index contributed by atoms with van der Waals surface area (Å²) in [6.07, 6.45) is 1.01. The maximum absolute atomic E-state index is 8.64. The van der Waals surface area contributed by atoms with Crippen molar-refractivity contribution in [2.45, 2.75) is 25.9 Å². The van der Waals surface area contributed by atoms with Crippen molar-refractivity contribution in [3.05, 3.63) is 35.4 Å². The summed E-state index contributed by atoms with van der Waals surface area (Å²) in [7, 11) is 1.70. The number of amidine groups is 1. The number of hydrogen-bond acceptors (Lipinski definition) is 4. The van der Waals surface area contributed by atoms with Crippen LogP contribution in [0.2, 0.25) is 0 Å².